The highest BCUT2D eigenvalue weighted by molar-refractivity contribution is 6.66. The van der Waals surface area contributed by atoms with Crippen molar-refractivity contribution < 1.29 is 18.0 Å². The van der Waals surface area contributed by atoms with Gasteiger partial charge in [0, 0.05) is 17.8 Å². The normalized spacial score (nSPS) is 11.4. The summed E-state index contributed by atoms with van der Waals surface area (Å²) in [5.41, 5.74) is -0.945. The molecule has 0 saturated carbocycles. The number of benzene rings is 1. The minimum atomic E-state index is -4.52. The lowest BCUT2D eigenvalue weighted by molar-refractivity contribution is -0.137. The summed E-state index contributed by atoms with van der Waals surface area (Å²) in [6.45, 7) is 0. The predicted octanol–water partition coefficient (Wildman–Crippen LogP) is 4.15. The van der Waals surface area contributed by atoms with Gasteiger partial charge in [-0.2, -0.15) is 13.2 Å². The molecule has 2 nitrogen and oxygen atoms in total. The average Bonchev–Trinajstić information content (AvgIpc) is 2.14. The van der Waals surface area contributed by atoms with Crippen LogP contribution in [0.4, 0.5) is 23.7 Å². The molecule has 0 saturated heterocycles. The highest BCUT2D eigenvalue weighted by Gasteiger charge is 2.31. The lowest BCUT2D eigenvalue weighted by Crippen LogP contribution is -2.20. The molecule has 0 aliphatic heterocycles. The van der Waals surface area contributed by atoms with Crippen LogP contribution in [-0.2, 0) is 6.18 Å². The van der Waals surface area contributed by atoms with Gasteiger partial charge in [-0.25, -0.2) is 0 Å². The number of rotatable bonds is 1. The van der Waals surface area contributed by atoms with E-state index >= 15 is 0 Å². The summed E-state index contributed by atoms with van der Waals surface area (Å²) in [6.07, 6.45) is -4.52. The first kappa shape index (κ1) is 13.1. The highest BCUT2D eigenvalue weighted by atomic mass is 35.5. The van der Waals surface area contributed by atoms with Gasteiger partial charge in [-0.1, -0.05) is 11.6 Å². The fourth-order valence-corrected chi connectivity index (χ4v) is 1.36. The van der Waals surface area contributed by atoms with E-state index in [-0.39, 0.29) is 10.7 Å². The van der Waals surface area contributed by atoms with Crippen molar-refractivity contribution in [1.82, 2.24) is 0 Å². The van der Waals surface area contributed by atoms with Crippen molar-refractivity contribution in [1.29, 1.82) is 0 Å². The van der Waals surface area contributed by atoms with Crippen LogP contribution in [0.15, 0.2) is 18.2 Å². The van der Waals surface area contributed by atoms with Gasteiger partial charge >= 0.3 is 11.5 Å². The average molecular weight is 272 g/mol. The number of anilines is 1. The van der Waals surface area contributed by atoms with Crippen LogP contribution in [0.5, 0.6) is 0 Å². The summed E-state index contributed by atoms with van der Waals surface area (Å²) in [4.78, 5) is 11.6. The van der Waals surface area contributed by atoms with Crippen LogP contribution in [0.3, 0.4) is 0 Å². The maximum absolute atomic E-state index is 12.4. The molecule has 0 unspecified atom stereocenters. The number of amides is 1. The van der Waals surface area contributed by atoms with Crippen LogP contribution in [-0.4, -0.2) is 12.4 Å². The molecule has 0 bridgehead atoms. The van der Waals surface area contributed by atoms with Gasteiger partial charge < -0.3 is 4.90 Å². The van der Waals surface area contributed by atoms with E-state index in [0.29, 0.717) is 0 Å². The Morgan fingerprint density at radius 3 is 2.31 bits per heavy atom. The second-order valence-electron chi connectivity index (χ2n) is 3.01. The van der Waals surface area contributed by atoms with E-state index in [1.54, 1.807) is 0 Å². The van der Waals surface area contributed by atoms with Crippen LogP contribution in [0.25, 0.3) is 0 Å². The van der Waals surface area contributed by atoms with Crippen molar-refractivity contribution in [3.8, 4) is 0 Å². The third kappa shape index (κ3) is 3.02. The Bertz CT molecular complexity index is 420. The van der Waals surface area contributed by atoms with Crippen molar-refractivity contribution in [2.45, 2.75) is 6.18 Å². The summed E-state index contributed by atoms with van der Waals surface area (Å²) < 4.78 is 37.3. The summed E-state index contributed by atoms with van der Waals surface area (Å²) in [5, 5.41) is -1.01. The van der Waals surface area contributed by atoms with E-state index < -0.39 is 17.1 Å². The van der Waals surface area contributed by atoms with E-state index in [4.69, 9.17) is 23.2 Å². The Kier molecular flexibility index (Phi) is 3.70. The zero-order valence-electron chi connectivity index (χ0n) is 7.98. The van der Waals surface area contributed by atoms with E-state index in [9.17, 15) is 18.0 Å². The lowest BCUT2D eigenvalue weighted by atomic mass is 10.2. The quantitative estimate of drug-likeness (QED) is 0.555. The molecule has 7 heteroatoms. The maximum Gasteiger partial charge on any atom is 0.416 e. The molecule has 0 heterocycles. The van der Waals surface area contributed by atoms with Gasteiger partial charge in [0.15, 0.2) is 0 Å². The molecule has 0 fully saturated rings. The largest absolute Gasteiger partial charge is 0.416 e. The molecular weight excluding hydrogens is 266 g/mol. The van der Waals surface area contributed by atoms with Gasteiger partial charge in [-0.05, 0) is 29.8 Å². The topological polar surface area (TPSA) is 20.3 Å². The third-order valence-corrected chi connectivity index (χ3v) is 2.33. The molecule has 0 spiro atoms. The summed E-state index contributed by atoms with van der Waals surface area (Å²) in [5.74, 6) is 0. The molecule has 0 atom stereocenters. The molecule has 88 valence electrons. The Hall–Kier alpha value is -0.940. The van der Waals surface area contributed by atoms with E-state index in [0.717, 1.165) is 17.0 Å². The number of carbonyl (C=O) groups is 1. The smallest absolute Gasteiger partial charge is 0.302 e. The summed E-state index contributed by atoms with van der Waals surface area (Å²) >= 11 is 10.7. The standard InChI is InChI=1S/C9H6Cl2F3NO/c1-15(8(11)16)7-3-5(9(12,13)14)2-6(10)4-7/h2-4H,1H3. The molecule has 0 aliphatic carbocycles. The Morgan fingerprint density at radius 1 is 1.31 bits per heavy atom. The molecule has 1 amide bonds. The third-order valence-electron chi connectivity index (χ3n) is 1.86. The second-order valence-corrected chi connectivity index (χ2v) is 3.77. The zero-order valence-corrected chi connectivity index (χ0v) is 9.49. The molecule has 0 aliphatic rings. The molecule has 16 heavy (non-hydrogen) atoms. The first-order valence-electron chi connectivity index (χ1n) is 4.03. The first-order chi connectivity index (χ1) is 7.21. The second kappa shape index (κ2) is 4.51. The predicted molar refractivity (Wildman–Crippen MR) is 56.1 cm³/mol. The van der Waals surface area contributed by atoms with Crippen LogP contribution in [0, 0.1) is 0 Å². The number of halogens is 5. The molecule has 0 radical (unpaired) electrons. The van der Waals surface area contributed by atoms with Gasteiger partial charge in [-0.3, -0.25) is 4.79 Å². The van der Waals surface area contributed by atoms with Crippen LogP contribution in [0.2, 0.25) is 5.02 Å². The Balaban J connectivity index is 3.23. The molecule has 0 aromatic heterocycles. The van der Waals surface area contributed by atoms with E-state index in [1.807, 2.05) is 0 Å². The maximum atomic E-state index is 12.4. The first-order valence-corrected chi connectivity index (χ1v) is 4.78. The van der Waals surface area contributed by atoms with Crippen molar-refractivity contribution >= 4 is 34.3 Å². The fraction of sp³-hybridized carbons (Fsp3) is 0.222. The molecule has 1 rings (SSSR count). The van der Waals surface area contributed by atoms with Gasteiger partial charge in [-0.15, -0.1) is 0 Å². The van der Waals surface area contributed by atoms with Gasteiger partial charge in [0.1, 0.15) is 0 Å². The van der Waals surface area contributed by atoms with Crippen LogP contribution < -0.4 is 4.90 Å². The van der Waals surface area contributed by atoms with Crippen LogP contribution in [0.1, 0.15) is 5.56 Å². The number of carbonyl (C=O) groups excluding carboxylic acids is 1. The van der Waals surface area contributed by atoms with Crippen molar-refractivity contribution in [2.24, 2.45) is 0 Å². The summed E-state index contributed by atoms with van der Waals surface area (Å²) in [7, 11) is 1.25. The fourth-order valence-electron chi connectivity index (χ4n) is 1.03. The van der Waals surface area contributed by atoms with Gasteiger partial charge in [0.05, 0.1) is 5.56 Å². The Morgan fingerprint density at radius 2 is 1.88 bits per heavy atom. The summed E-state index contributed by atoms with van der Waals surface area (Å²) in [6, 6.07) is 2.79. The van der Waals surface area contributed by atoms with Crippen LogP contribution >= 0.6 is 23.2 Å². The Labute approximate surface area is 99.6 Å². The number of hydrogen-bond acceptors (Lipinski definition) is 1. The minimum absolute atomic E-state index is 0.0141. The lowest BCUT2D eigenvalue weighted by Gasteiger charge is -2.16. The molecule has 1 aromatic rings. The van der Waals surface area contributed by atoms with E-state index in [1.165, 1.54) is 13.1 Å². The molecule has 0 N–H and O–H groups in total. The van der Waals surface area contributed by atoms with Gasteiger partial charge in [0.25, 0.3) is 0 Å². The monoisotopic (exact) mass is 271 g/mol. The number of hydrogen-bond donors (Lipinski definition) is 0. The number of nitrogens with zero attached hydrogens (tertiary/aromatic N) is 1. The SMILES string of the molecule is CN(C(=O)Cl)c1cc(Cl)cc(C(F)(F)F)c1. The van der Waals surface area contributed by atoms with Crippen molar-refractivity contribution in [2.75, 3.05) is 11.9 Å². The van der Waals surface area contributed by atoms with E-state index in [2.05, 4.69) is 0 Å². The minimum Gasteiger partial charge on any atom is -0.302 e. The molecule has 1 aromatic carbocycles. The zero-order chi connectivity index (χ0) is 12.5. The highest BCUT2D eigenvalue weighted by Crippen LogP contribution is 2.34. The molecular formula is C9H6Cl2F3NO. The van der Waals surface area contributed by atoms with Gasteiger partial charge in [0.2, 0.25) is 0 Å². The van der Waals surface area contributed by atoms with Crippen molar-refractivity contribution in [3.63, 3.8) is 0 Å². The van der Waals surface area contributed by atoms with Crippen molar-refractivity contribution in [3.05, 3.63) is 28.8 Å². The number of alkyl halides is 3.